The number of benzene rings is 1. The van der Waals surface area contributed by atoms with Crippen molar-refractivity contribution in [1.29, 1.82) is 0 Å². The van der Waals surface area contributed by atoms with Gasteiger partial charge in [0.1, 0.15) is 5.82 Å². The molecule has 160 valence electrons. The van der Waals surface area contributed by atoms with Gasteiger partial charge in [0.15, 0.2) is 0 Å². The van der Waals surface area contributed by atoms with Crippen LogP contribution in [0.1, 0.15) is 40.0 Å². The predicted molar refractivity (Wildman–Crippen MR) is 115 cm³/mol. The highest BCUT2D eigenvalue weighted by Gasteiger charge is 2.45. The number of H-pyrrole nitrogens is 1. The topological polar surface area (TPSA) is 127 Å². The number of nitrogens with zero attached hydrogens (tertiary/aromatic N) is 2. The average Bonchev–Trinajstić information content (AvgIpc) is 3.32. The number of rotatable bonds is 3. The lowest BCUT2D eigenvalue weighted by molar-refractivity contribution is -0.128. The predicted octanol–water partition coefficient (Wildman–Crippen LogP) is 1.88. The number of nitrogens with one attached hydrogen (secondary N) is 3. The van der Waals surface area contributed by atoms with Crippen LogP contribution in [-0.2, 0) is 4.79 Å². The zero-order valence-electron chi connectivity index (χ0n) is 17.1. The first kappa shape index (κ1) is 19.3. The Morgan fingerprint density at radius 3 is 2.84 bits per heavy atom. The second kappa shape index (κ2) is 6.97. The molecule has 0 aliphatic carbocycles. The van der Waals surface area contributed by atoms with Gasteiger partial charge in [-0.05, 0) is 31.4 Å². The number of hydrogen-bond donors (Lipinski definition) is 4. The number of hydrogen-bond acceptors (Lipinski definition) is 5. The highest BCUT2D eigenvalue weighted by atomic mass is 16.4. The number of aromatic nitrogens is 2. The van der Waals surface area contributed by atoms with Crippen LogP contribution in [0.2, 0.25) is 0 Å². The monoisotopic (exact) mass is 421 g/mol. The van der Waals surface area contributed by atoms with Crippen molar-refractivity contribution in [3.05, 3.63) is 35.5 Å². The maximum atomic E-state index is 12.6. The fraction of sp³-hybridized carbons (Fsp3) is 0.364. The summed E-state index contributed by atoms with van der Waals surface area (Å²) in [7, 11) is 1.56. The summed E-state index contributed by atoms with van der Waals surface area (Å²) in [6.45, 7) is 2.02. The quantitative estimate of drug-likeness (QED) is 0.511. The molecule has 31 heavy (non-hydrogen) atoms. The molecule has 2 aliphatic rings. The number of piperidine rings is 1. The smallest absolute Gasteiger partial charge is 0.335 e. The number of pyridine rings is 1. The minimum absolute atomic E-state index is 0.0976. The fourth-order valence-electron chi connectivity index (χ4n) is 4.98. The Bertz CT molecular complexity index is 1250. The number of carboxylic acid groups (broad SMARTS) is 1. The Balaban J connectivity index is 1.71. The molecule has 9 nitrogen and oxygen atoms in total. The lowest BCUT2D eigenvalue weighted by Crippen LogP contribution is -2.47. The van der Waals surface area contributed by atoms with Gasteiger partial charge < -0.3 is 25.6 Å². The zero-order chi connectivity index (χ0) is 21.8. The van der Waals surface area contributed by atoms with Gasteiger partial charge in [0, 0.05) is 43.8 Å². The highest BCUT2D eigenvalue weighted by molar-refractivity contribution is 6.19. The maximum absolute atomic E-state index is 12.6. The Labute approximate surface area is 177 Å². The van der Waals surface area contributed by atoms with Gasteiger partial charge in [-0.25, -0.2) is 9.78 Å². The summed E-state index contributed by atoms with van der Waals surface area (Å²) in [5.74, 6) is -0.494. The molecular formula is C22H23N5O4. The van der Waals surface area contributed by atoms with Crippen LogP contribution in [0.5, 0.6) is 0 Å². The third kappa shape index (κ3) is 2.91. The minimum atomic E-state index is -1.02. The molecule has 3 aromatic rings. The molecule has 2 amide bonds. The molecule has 1 unspecified atom stereocenters. The molecule has 2 aliphatic heterocycles. The van der Waals surface area contributed by atoms with Gasteiger partial charge in [0.25, 0.3) is 5.91 Å². The molecule has 2 saturated heterocycles. The summed E-state index contributed by atoms with van der Waals surface area (Å²) >= 11 is 0. The van der Waals surface area contributed by atoms with Crippen LogP contribution in [-0.4, -0.2) is 59.5 Å². The minimum Gasteiger partial charge on any atom is -0.478 e. The van der Waals surface area contributed by atoms with E-state index in [-0.39, 0.29) is 17.4 Å². The largest absolute Gasteiger partial charge is 0.478 e. The van der Waals surface area contributed by atoms with Gasteiger partial charge in [-0.1, -0.05) is 6.07 Å². The van der Waals surface area contributed by atoms with E-state index in [1.165, 1.54) is 0 Å². The first-order valence-corrected chi connectivity index (χ1v) is 10.4. The van der Waals surface area contributed by atoms with Crippen LogP contribution < -0.4 is 15.5 Å². The van der Waals surface area contributed by atoms with Crippen molar-refractivity contribution in [2.24, 2.45) is 5.41 Å². The normalized spacial score (nSPS) is 21.1. The van der Waals surface area contributed by atoms with Crippen molar-refractivity contribution >= 4 is 45.4 Å². The van der Waals surface area contributed by atoms with Crippen molar-refractivity contribution in [3.8, 4) is 0 Å². The first-order valence-electron chi connectivity index (χ1n) is 10.4. The van der Waals surface area contributed by atoms with Crippen molar-refractivity contribution < 1.29 is 19.5 Å². The number of carboxylic acids is 1. The van der Waals surface area contributed by atoms with E-state index in [0.717, 1.165) is 36.6 Å². The second-order valence-corrected chi connectivity index (χ2v) is 8.33. The summed E-state index contributed by atoms with van der Waals surface area (Å²) < 4.78 is 0. The van der Waals surface area contributed by atoms with Crippen LogP contribution in [0.4, 0.5) is 5.82 Å². The Kier molecular flexibility index (Phi) is 4.35. The van der Waals surface area contributed by atoms with E-state index in [1.54, 1.807) is 31.4 Å². The number of carbonyl (C=O) groups is 3. The van der Waals surface area contributed by atoms with Gasteiger partial charge in [-0.2, -0.15) is 0 Å². The van der Waals surface area contributed by atoms with Gasteiger partial charge >= 0.3 is 5.97 Å². The van der Waals surface area contributed by atoms with Crippen LogP contribution in [0.3, 0.4) is 0 Å². The standard InChI is InChI=1S/C22H23N5O4/c1-23-19(28)14-10-25-18(27-8-2-5-22(11-27)6-7-24-21(22)31)16-13-4-3-12(20(29)30)9-15(13)26-17(14)16/h3-4,9-10,26H,2,5-8,11H2,1H3,(H,23,28)(H,24,31)(H,29,30). The Hall–Kier alpha value is -3.62. The molecule has 0 bridgehead atoms. The number of aromatic amines is 1. The van der Waals surface area contributed by atoms with Crippen LogP contribution in [0.15, 0.2) is 24.4 Å². The zero-order valence-corrected chi connectivity index (χ0v) is 17.1. The summed E-state index contributed by atoms with van der Waals surface area (Å²) in [5, 5.41) is 16.5. The van der Waals surface area contributed by atoms with Crippen molar-refractivity contribution in [2.75, 3.05) is 31.6 Å². The van der Waals surface area contributed by atoms with Crippen molar-refractivity contribution in [1.82, 2.24) is 20.6 Å². The Morgan fingerprint density at radius 2 is 2.13 bits per heavy atom. The molecule has 0 radical (unpaired) electrons. The third-order valence-electron chi connectivity index (χ3n) is 6.57. The van der Waals surface area contributed by atoms with Crippen LogP contribution >= 0.6 is 0 Å². The lowest BCUT2D eigenvalue weighted by atomic mass is 9.78. The third-order valence-corrected chi connectivity index (χ3v) is 6.57. The molecule has 1 spiro atoms. The molecular weight excluding hydrogens is 398 g/mol. The summed E-state index contributed by atoms with van der Waals surface area (Å²) in [6.07, 6.45) is 4.07. The molecule has 2 fully saturated rings. The summed E-state index contributed by atoms with van der Waals surface area (Å²) in [4.78, 5) is 46.5. The SMILES string of the molecule is CNC(=O)c1cnc(N2CCCC3(CCNC3=O)C2)c2c1[nH]c1cc(C(=O)O)ccc12. The van der Waals surface area contributed by atoms with E-state index < -0.39 is 11.4 Å². The number of carbonyl (C=O) groups excluding carboxylic acids is 2. The number of anilines is 1. The van der Waals surface area contributed by atoms with Gasteiger partial charge in [-0.15, -0.1) is 0 Å². The molecule has 4 N–H and O–H groups in total. The van der Waals surface area contributed by atoms with E-state index in [4.69, 9.17) is 0 Å². The second-order valence-electron chi connectivity index (χ2n) is 8.33. The van der Waals surface area contributed by atoms with E-state index in [0.29, 0.717) is 35.5 Å². The molecule has 4 heterocycles. The molecule has 5 rings (SSSR count). The van der Waals surface area contributed by atoms with Crippen molar-refractivity contribution in [3.63, 3.8) is 0 Å². The lowest BCUT2D eigenvalue weighted by Gasteiger charge is -2.39. The fourth-order valence-corrected chi connectivity index (χ4v) is 4.98. The maximum Gasteiger partial charge on any atom is 0.335 e. The number of amides is 2. The molecule has 1 aromatic carbocycles. The highest BCUT2D eigenvalue weighted by Crippen LogP contribution is 2.41. The first-order chi connectivity index (χ1) is 14.9. The van der Waals surface area contributed by atoms with Gasteiger partial charge in [-0.3, -0.25) is 9.59 Å². The van der Waals surface area contributed by atoms with Gasteiger partial charge in [0.2, 0.25) is 5.91 Å². The van der Waals surface area contributed by atoms with E-state index >= 15 is 0 Å². The average molecular weight is 421 g/mol. The van der Waals surface area contributed by atoms with Crippen LogP contribution in [0.25, 0.3) is 21.8 Å². The molecule has 1 atom stereocenters. The van der Waals surface area contributed by atoms with E-state index in [2.05, 4.69) is 25.5 Å². The van der Waals surface area contributed by atoms with Gasteiger partial charge in [0.05, 0.1) is 27.4 Å². The number of aromatic carboxylic acids is 1. The van der Waals surface area contributed by atoms with E-state index in [1.807, 2.05) is 0 Å². The summed E-state index contributed by atoms with van der Waals surface area (Å²) in [6, 6.07) is 4.87. The summed E-state index contributed by atoms with van der Waals surface area (Å²) in [5.41, 5.74) is 1.38. The molecule has 2 aromatic heterocycles. The number of fused-ring (bicyclic) bond motifs is 3. The van der Waals surface area contributed by atoms with E-state index in [9.17, 15) is 19.5 Å². The molecule has 9 heteroatoms. The molecule has 0 saturated carbocycles. The van der Waals surface area contributed by atoms with Crippen molar-refractivity contribution in [2.45, 2.75) is 19.3 Å². The Morgan fingerprint density at radius 1 is 1.29 bits per heavy atom. The van der Waals surface area contributed by atoms with Crippen LogP contribution in [0, 0.1) is 5.41 Å².